The monoisotopic (exact) mass is 460 g/mol. The second-order valence-electron chi connectivity index (χ2n) is 6.68. The van der Waals surface area contributed by atoms with Crippen LogP contribution in [-0.4, -0.2) is 66.5 Å². The molecule has 0 aromatic carbocycles. The van der Waals surface area contributed by atoms with E-state index < -0.39 is 24.6 Å². The number of fused-ring (bicyclic) bond motifs is 4. The van der Waals surface area contributed by atoms with Crippen LogP contribution in [0.1, 0.15) is 31.4 Å². The molecule has 3 heterocycles. The molecule has 8 nitrogen and oxygen atoms in total. The maximum Gasteiger partial charge on any atom is 0.247 e. The minimum Gasteiger partial charge on any atom is -0.382 e. The zero-order valence-electron chi connectivity index (χ0n) is 15.2. The summed E-state index contributed by atoms with van der Waals surface area (Å²) >= 11 is 0.767. The molecule has 1 aromatic heterocycles. The van der Waals surface area contributed by atoms with Crippen molar-refractivity contribution < 1.29 is 26.3 Å². The molecular formula is C15H25ClN2O6S3. The Hall–Kier alpha value is -0.270. The summed E-state index contributed by atoms with van der Waals surface area (Å²) in [6.07, 6.45) is 0.818. The fraction of sp³-hybridized carbons (Fsp3) is 0.733. The van der Waals surface area contributed by atoms with E-state index >= 15 is 0 Å². The molecule has 2 aliphatic rings. The van der Waals surface area contributed by atoms with Crippen LogP contribution in [0.15, 0.2) is 14.5 Å². The first-order valence-corrected chi connectivity index (χ1v) is 12.2. The van der Waals surface area contributed by atoms with Crippen LogP contribution in [0.4, 0.5) is 0 Å². The first-order valence-electron chi connectivity index (χ1n) is 8.38. The van der Waals surface area contributed by atoms with Gasteiger partial charge in [0.1, 0.15) is 8.42 Å². The molecule has 0 amide bonds. The highest BCUT2D eigenvalue weighted by Gasteiger charge is 2.58. The van der Waals surface area contributed by atoms with Crippen LogP contribution < -0.4 is 5.14 Å². The number of methoxy groups -OCH3 is 1. The van der Waals surface area contributed by atoms with Crippen LogP contribution in [0.2, 0.25) is 0 Å². The quantitative estimate of drug-likeness (QED) is 0.578. The highest BCUT2D eigenvalue weighted by molar-refractivity contribution is 7.96. The van der Waals surface area contributed by atoms with Gasteiger partial charge in [0.2, 0.25) is 10.0 Å². The number of sulfone groups is 1. The molecule has 3 rings (SSSR count). The van der Waals surface area contributed by atoms with Crippen LogP contribution >= 0.6 is 23.7 Å². The lowest BCUT2D eigenvalue weighted by Crippen LogP contribution is -2.43. The molecule has 12 heteroatoms. The fourth-order valence-corrected chi connectivity index (χ4v) is 8.87. The first-order chi connectivity index (χ1) is 12.2. The van der Waals surface area contributed by atoms with Gasteiger partial charge in [-0.1, -0.05) is 6.92 Å². The van der Waals surface area contributed by atoms with E-state index in [0.29, 0.717) is 51.3 Å². The van der Waals surface area contributed by atoms with Gasteiger partial charge < -0.3 is 9.47 Å². The Morgan fingerprint density at radius 3 is 2.67 bits per heavy atom. The Kier molecular flexibility index (Phi) is 7.01. The Morgan fingerprint density at radius 1 is 1.37 bits per heavy atom. The van der Waals surface area contributed by atoms with Gasteiger partial charge in [0.15, 0.2) is 9.84 Å². The van der Waals surface area contributed by atoms with E-state index in [0.717, 1.165) is 11.3 Å². The predicted molar refractivity (Wildman–Crippen MR) is 105 cm³/mol. The van der Waals surface area contributed by atoms with Gasteiger partial charge in [-0.25, -0.2) is 22.0 Å². The number of sulfonamides is 1. The molecule has 2 unspecified atom stereocenters. The van der Waals surface area contributed by atoms with E-state index in [9.17, 15) is 16.8 Å². The van der Waals surface area contributed by atoms with Crippen LogP contribution in [0.5, 0.6) is 0 Å². The second kappa shape index (κ2) is 8.23. The molecule has 156 valence electrons. The molecule has 1 fully saturated rings. The van der Waals surface area contributed by atoms with E-state index in [-0.39, 0.29) is 26.9 Å². The van der Waals surface area contributed by atoms with Crippen molar-refractivity contribution in [2.45, 2.75) is 39.0 Å². The highest BCUT2D eigenvalue weighted by Crippen LogP contribution is 2.55. The van der Waals surface area contributed by atoms with Gasteiger partial charge >= 0.3 is 0 Å². The number of halogens is 1. The summed E-state index contributed by atoms with van der Waals surface area (Å²) < 4.78 is 59.7. The second-order valence-corrected chi connectivity index (χ2v) is 12.1. The topological polar surface area (TPSA) is 116 Å². The number of rotatable bonds is 8. The molecule has 2 bridgehead atoms. The largest absolute Gasteiger partial charge is 0.382 e. The molecule has 2 aliphatic heterocycles. The number of nitrogens with two attached hydrogens (primary N) is 1. The number of thiophene rings is 1. The lowest BCUT2D eigenvalue weighted by Gasteiger charge is -2.31. The molecule has 1 saturated heterocycles. The summed E-state index contributed by atoms with van der Waals surface area (Å²) in [6, 6.07) is 1.33. The van der Waals surface area contributed by atoms with Gasteiger partial charge in [-0.15, -0.1) is 23.7 Å². The number of primary sulfonamides is 1. The van der Waals surface area contributed by atoms with Crippen LogP contribution in [0.25, 0.3) is 0 Å². The third-order valence-corrected chi connectivity index (χ3v) is 10.8. The Morgan fingerprint density at radius 2 is 2.07 bits per heavy atom. The minimum absolute atomic E-state index is 0. The smallest absolute Gasteiger partial charge is 0.247 e. The standard InChI is InChI=1S/C15H24N2O6S3.ClH/c1-3-17-10-15(4-5-23-7-6-22-2)9-12(17)11-8-13(26(16,20)21)24-14(11)25(15,18)19;/h8,12H,3-7,9-10H2,1-2H3,(H2,16,20,21);1H. The van der Waals surface area contributed by atoms with Gasteiger partial charge in [-0.3, -0.25) is 4.90 Å². The number of nitrogens with zero attached hydrogens (tertiary/aromatic N) is 1. The average Bonchev–Trinajstić information content (AvgIpc) is 3.15. The first kappa shape index (κ1) is 23.0. The normalized spacial score (nSPS) is 26.6. The molecule has 2 N–H and O–H groups in total. The summed E-state index contributed by atoms with van der Waals surface area (Å²) in [4.78, 5) is 2.10. The van der Waals surface area contributed by atoms with Gasteiger partial charge in [0, 0.05) is 31.9 Å². The van der Waals surface area contributed by atoms with E-state index in [1.165, 1.54) is 6.07 Å². The zero-order chi connectivity index (χ0) is 19.2. The molecule has 0 aliphatic carbocycles. The molecular weight excluding hydrogens is 436 g/mol. The Balaban J connectivity index is 0.00000261. The van der Waals surface area contributed by atoms with Gasteiger partial charge in [0.25, 0.3) is 0 Å². The van der Waals surface area contributed by atoms with Crippen molar-refractivity contribution in [1.82, 2.24) is 4.90 Å². The van der Waals surface area contributed by atoms with Gasteiger partial charge in [-0.05, 0) is 25.5 Å². The lowest BCUT2D eigenvalue weighted by atomic mass is 9.97. The summed E-state index contributed by atoms with van der Waals surface area (Å²) in [6.45, 7) is 4.27. The Bertz CT molecular complexity index is 885. The third-order valence-electron chi connectivity index (χ3n) is 5.19. The average molecular weight is 461 g/mol. The van der Waals surface area contributed by atoms with Crippen molar-refractivity contribution in [3.63, 3.8) is 0 Å². The van der Waals surface area contributed by atoms with Crippen molar-refractivity contribution in [3.8, 4) is 0 Å². The molecule has 0 saturated carbocycles. The maximum atomic E-state index is 13.4. The van der Waals surface area contributed by atoms with Crippen molar-refractivity contribution >= 4 is 43.6 Å². The van der Waals surface area contributed by atoms with Crippen molar-refractivity contribution in [2.75, 3.05) is 40.0 Å². The number of ether oxygens (including phenoxy) is 2. The molecule has 2 atom stereocenters. The van der Waals surface area contributed by atoms with E-state index in [1.807, 2.05) is 6.92 Å². The van der Waals surface area contributed by atoms with Crippen LogP contribution in [-0.2, 0) is 29.3 Å². The summed E-state index contributed by atoms with van der Waals surface area (Å²) in [7, 11) is -6.04. The van der Waals surface area contributed by atoms with Crippen molar-refractivity contribution in [1.29, 1.82) is 0 Å². The lowest BCUT2D eigenvalue weighted by molar-refractivity contribution is 0.0655. The SMILES string of the molecule is CCN1CC2(CCOCCOC)CC1c1cc(S(N)(=O)=O)sc1S2(=O)=O.Cl. The molecule has 0 spiro atoms. The summed E-state index contributed by atoms with van der Waals surface area (Å²) in [5.74, 6) is 0. The van der Waals surface area contributed by atoms with Crippen molar-refractivity contribution in [2.24, 2.45) is 5.14 Å². The van der Waals surface area contributed by atoms with Gasteiger partial charge in [-0.2, -0.15) is 0 Å². The highest BCUT2D eigenvalue weighted by atomic mass is 35.5. The van der Waals surface area contributed by atoms with E-state index in [2.05, 4.69) is 4.90 Å². The maximum absolute atomic E-state index is 13.4. The summed E-state index contributed by atoms with van der Waals surface area (Å²) in [5, 5.41) is 5.22. The molecule has 0 radical (unpaired) electrons. The van der Waals surface area contributed by atoms with Gasteiger partial charge in [0.05, 0.1) is 18.0 Å². The van der Waals surface area contributed by atoms with E-state index in [1.54, 1.807) is 7.11 Å². The van der Waals surface area contributed by atoms with Crippen molar-refractivity contribution in [3.05, 3.63) is 11.6 Å². The number of hydrogen-bond donors (Lipinski definition) is 1. The summed E-state index contributed by atoms with van der Waals surface area (Å²) in [5.41, 5.74) is 0.564. The third kappa shape index (κ3) is 3.93. The minimum atomic E-state index is -3.94. The predicted octanol–water partition coefficient (Wildman–Crippen LogP) is 1.16. The number of likely N-dealkylation sites (tertiary alicyclic amines) is 1. The fourth-order valence-electron chi connectivity index (χ4n) is 3.82. The van der Waals surface area contributed by atoms with Crippen LogP contribution in [0.3, 0.4) is 0 Å². The zero-order valence-corrected chi connectivity index (χ0v) is 18.5. The molecule has 1 aromatic rings. The molecule has 27 heavy (non-hydrogen) atoms. The number of hydrogen-bond acceptors (Lipinski definition) is 8. The van der Waals surface area contributed by atoms with Crippen LogP contribution in [0, 0.1) is 0 Å². The Labute approximate surface area is 170 Å². The van der Waals surface area contributed by atoms with E-state index in [4.69, 9.17) is 14.6 Å².